The first-order valence-electron chi connectivity index (χ1n) is 5.35. The van der Waals surface area contributed by atoms with Gasteiger partial charge in [-0.2, -0.15) is 0 Å². The van der Waals surface area contributed by atoms with Crippen molar-refractivity contribution in [2.45, 2.75) is 38.6 Å². The summed E-state index contributed by atoms with van der Waals surface area (Å²) in [5.74, 6) is 0. The van der Waals surface area contributed by atoms with Gasteiger partial charge in [0, 0.05) is 6.04 Å². The van der Waals surface area contributed by atoms with Crippen molar-refractivity contribution in [1.29, 1.82) is 0 Å². The Bertz CT molecular complexity index is 315. The van der Waals surface area contributed by atoms with Gasteiger partial charge in [0.25, 0.3) is 0 Å². The molecule has 1 aromatic carbocycles. The number of benzene rings is 1. The van der Waals surface area contributed by atoms with Gasteiger partial charge in [0.1, 0.15) is 0 Å². The van der Waals surface area contributed by atoms with Crippen LogP contribution in [0.1, 0.15) is 44.2 Å². The van der Waals surface area contributed by atoms with E-state index in [1.54, 1.807) is 6.07 Å². The van der Waals surface area contributed by atoms with Gasteiger partial charge < -0.3 is 5.73 Å². The van der Waals surface area contributed by atoms with Crippen LogP contribution in [0.4, 0.5) is 0 Å². The molecule has 0 spiro atoms. The predicted octanol–water partition coefficient (Wildman–Crippen LogP) is 5.00. The van der Waals surface area contributed by atoms with Crippen molar-refractivity contribution >= 4 is 35.6 Å². The van der Waals surface area contributed by atoms with Crippen molar-refractivity contribution in [3.05, 3.63) is 33.8 Å². The van der Waals surface area contributed by atoms with E-state index in [2.05, 4.69) is 6.92 Å². The molecule has 4 heteroatoms. The molecule has 1 aromatic rings. The second kappa shape index (κ2) is 8.19. The fourth-order valence-electron chi connectivity index (χ4n) is 1.52. The molecule has 0 fully saturated rings. The zero-order valence-electron chi connectivity index (χ0n) is 9.38. The van der Waals surface area contributed by atoms with Crippen molar-refractivity contribution in [3.8, 4) is 0 Å². The quantitative estimate of drug-likeness (QED) is 0.756. The normalized spacial score (nSPS) is 12.0. The van der Waals surface area contributed by atoms with Gasteiger partial charge in [0.15, 0.2) is 0 Å². The third-order valence-electron chi connectivity index (χ3n) is 2.49. The Morgan fingerprint density at radius 2 is 1.88 bits per heavy atom. The van der Waals surface area contributed by atoms with E-state index in [1.165, 1.54) is 12.8 Å². The number of nitrogens with two attached hydrogens (primary N) is 1. The molecule has 0 aliphatic rings. The summed E-state index contributed by atoms with van der Waals surface area (Å²) in [5, 5.41) is 1.17. The number of unbranched alkanes of at least 4 members (excludes halogenated alkanes) is 2. The standard InChI is InChI=1S/C12H17Cl2N.ClH/c1-2-3-4-5-12(15)9-6-7-10(13)11(14)8-9;/h6-8,12H,2-5,15H2,1H3;1H/t12-;/m1./s1. The summed E-state index contributed by atoms with van der Waals surface area (Å²) in [5.41, 5.74) is 7.12. The van der Waals surface area contributed by atoms with Crippen LogP contribution in [0.5, 0.6) is 0 Å². The SMILES string of the molecule is CCCCC[C@@H](N)c1ccc(Cl)c(Cl)c1.Cl. The van der Waals surface area contributed by atoms with Crippen molar-refractivity contribution in [2.24, 2.45) is 5.73 Å². The lowest BCUT2D eigenvalue weighted by Gasteiger charge is -2.12. The van der Waals surface area contributed by atoms with E-state index >= 15 is 0 Å². The van der Waals surface area contributed by atoms with Gasteiger partial charge in [-0.1, -0.05) is 55.5 Å². The summed E-state index contributed by atoms with van der Waals surface area (Å²) in [4.78, 5) is 0. The maximum atomic E-state index is 6.05. The van der Waals surface area contributed by atoms with Crippen molar-refractivity contribution in [2.75, 3.05) is 0 Å². The van der Waals surface area contributed by atoms with E-state index in [1.807, 2.05) is 12.1 Å². The summed E-state index contributed by atoms with van der Waals surface area (Å²) in [6.45, 7) is 2.19. The van der Waals surface area contributed by atoms with Gasteiger partial charge in [-0.3, -0.25) is 0 Å². The van der Waals surface area contributed by atoms with Crippen LogP contribution < -0.4 is 5.73 Å². The van der Waals surface area contributed by atoms with Crippen LogP contribution in [0, 0.1) is 0 Å². The van der Waals surface area contributed by atoms with Gasteiger partial charge in [-0.25, -0.2) is 0 Å². The largest absolute Gasteiger partial charge is 0.324 e. The van der Waals surface area contributed by atoms with E-state index in [4.69, 9.17) is 28.9 Å². The summed E-state index contributed by atoms with van der Waals surface area (Å²) >= 11 is 11.8. The Labute approximate surface area is 114 Å². The topological polar surface area (TPSA) is 26.0 Å². The highest BCUT2D eigenvalue weighted by Crippen LogP contribution is 2.26. The third-order valence-corrected chi connectivity index (χ3v) is 3.23. The molecule has 0 aliphatic heterocycles. The lowest BCUT2D eigenvalue weighted by Crippen LogP contribution is -2.09. The molecule has 1 nitrogen and oxygen atoms in total. The average Bonchev–Trinajstić information content (AvgIpc) is 2.22. The fraction of sp³-hybridized carbons (Fsp3) is 0.500. The minimum atomic E-state index is 0. The average molecular weight is 283 g/mol. The monoisotopic (exact) mass is 281 g/mol. The van der Waals surface area contributed by atoms with Crippen molar-refractivity contribution < 1.29 is 0 Å². The molecule has 0 bridgehead atoms. The summed E-state index contributed by atoms with van der Waals surface area (Å²) < 4.78 is 0. The summed E-state index contributed by atoms with van der Waals surface area (Å²) in [6, 6.07) is 5.69. The second-order valence-corrected chi connectivity index (χ2v) is 4.59. The van der Waals surface area contributed by atoms with E-state index in [0.29, 0.717) is 10.0 Å². The van der Waals surface area contributed by atoms with Gasteiger partial charge in [-0.15, -0.1) is 12.4 Å². The first-order chi connectivity index (χ1) is 7.15. The van der Waals surface area contributed by atoms with E-state index in [9.17, 15) is 0 Å². The Kier molecular flexibility index (Phi) is 8.21. The molecule has 0 unspecified atom stereocenters. The molecular formula is C12H18Cl3N. The molecule has 0 amide bonds. The Morgan fingerprint density at radius 1 is 1.19 bits per heavy atom. The lowest BCUT2D eigenvalue weighted by atomic mass is 10.0. The van der Waals surface area contributed by atoms with Gasteiger partial charge in [0.05, 0.1) is 10.0 Å². The molecule has 0 saturated heterocycles. The van der Waals surface area contributed by atoms with Crippen LogP contribution in [-0.2, 0) is 0 Å². The van der Waals surface area contributed by atoms with Crippen LogP contribution in [-0.4, -0.2) is 0 Å². The maximum absolute atomic E-state index is 6.05. The second-order valence-electron chi connectivity index (χ2n) is 3.78. The molecule has 1 rings (SSSR count). The molecule has 0 aromatic heterocycles. The van der Waals surface area contributed by atoms with Crippen molar-refractivity contribution in [3.63, 3.8) is 0 Å². The van der Waals surface area contributed by atoms with Crippen molar-refractivity contribution in [1.82, 2.24) is 0 Å². The Morgan fingerprint density at radius 3 is 2.44 bits per heavy atom. The van der Waals surface area contributed by atoms with Crippen LogP contribution in [0.25, 0.3) is 0 Å². The molecule has 0 radical (unpaired) electrons. The van der Waals surface area contributed by atoms with E-state index in [-0.39, 0.29) is 18.4 Å². The first kappa shape index (κ1) is 16.1. The van der Waals surface area contributed by atoms with Crippen LogP contribution >= 0.6 is 35.6 Å². The van der Waals surface area contributed by atoms with Crippen LogP contribution in [0.2, 0.25) is 10.0 Å². The first-order valence-corrected chi connectivity index (χ1v) is 6.11. The molecule has 92 valence electrons. The minimum absolute atomic E-state index is 0. The van der Waals surface area contributed by atoms with Gasteiger partial charge in [-0.05, 0) is 24.1 Å². The molecule has 0 heterocycles. The highest BCUT2D eigenvalue weighted by Gasteiger charge is 2.07. The third kappa shape index (κ3) is 4.92. The van der Waals surface area contributed by atoms with E-state index < -0.39 is 0 Å². The molecule has 1 atom stereocenters. The van der Waals surface area contributed by atoms with Gasteiger partial charge in [0.2, 0.25) is 0 Å². The molecule has 0 saturated carbocycles. The molecule has 16 heavy (non-hydrogen) atoms. The highest BCUT2D eigenvalue weighted by molar-refractivity contribution is 6.42. The maximum Gasteiger partial charge on any atom is 0.0595 e. The lowest BCUT2D eigenvalue weighted by molar-refractivity contribution is 0.581. The Hall–Kier alpha value is 0.0500. The predicted molar refractivity (Wildman–Crippen MR) is 74.8 cm³/mol. The molecular weight excluding hydrogens is 264 g/mol. The molecule has 2 N–H and O–H groups in total. The summed E-state index contributed by atoms with van der Waals surface area (Å²) in [7, 11) is 0. The number of hydrogen-bond donors (Lipinski definition) is 1. The smallest absolute Gasteiger partial charge is 0.0595 e. The number of rotatable bonds is 5. The van der Waals surface area contributed by atoms with Gasteiger partial charge >= 0.3 is 0 Å². The summed E-state index contributed by atoms with van der Waals surface area (Å²) in [6.07, 6.45) is 4.62. The molecule has 0 aliphatic carbocycles. The number of halogens is 3. The zero-order chi connectivity index (χ0) is 11.3. The van der Waals surface area contributed by atoms with Crippen LogP contribution in [0.3, 0.4) is 0 Å². The fourth-order valence-corrected chi connectivity index (χ4v) is 1.83. The number of hydrogen-bond acceptors (Lipinski definition) is 1. The zero-order valence-corrected chi connectivity index (χ0v) is 11.7. The minimum Gasteiger partial charge on any atom is -0.324 e. The Balaban J connectivity index is 0.00000225. The van der Waals surface area contributed by atoms with E-state index in [0.717, 1.165) is 18.4 Å². The van der Waals surface area contributed by atoms with Crippen LogP contribution in [0.15, 0.2) is 18.2 Å². The highest BCUT2D eigenvalue weighted by atomic mass is 35.5.